The fourth-order valence-electron chi connectivity index (χ4n) is 5.23. The van der Waals surface area contributed by atoms with Crippen LogP contribution in [0.2, 0.25) is 0 Å². The molecule has 1 heterocycles. The maximum absolute atomic E-state index is 13.5. The van der Waals surface area contributed by atoms with Gasteiger partial charge in [0.15, 0.2) is 0 Å². The van der Waals surface area contributed by atoms with E-state index in [2.05, 4.69) is 41.0 Å². The highest BCUT2D eigenvalue weighted by Crippen LogP contribution is 2.27. The first kappa shape index (κ1) is 24.8. The van der Waals surface area contributed by atoms with E-state index in [4.69, 9.17) is 9.97 Å². The van der Waals surface area contributed by atoms with Gasteiger partial charge in [-0.3, -0.25) is 4.79 Å². The lowest BCUT2D eigenvalue weighted by atomic mass is 9.88. The van der Waals surface area contributed by atoms with Gasteiger partial charge in [-0.15, -0.1) is 0 Å². The molecular formula is C31H35N5O. The molecule has 6 heteroatoms. The van der Waals surface area contributed by atoms with E-state index >= 15 is 0 Å². The van der Waals surface area contributed by atoms with Crippen molar-refractivity contribution >= 4 is 28.6 Å². The van der Waals surface area contributed by atoms with Crippen molar-refractivity contribution in [3.8, 4) is 0 Å². The summed E-state index contributed by atoms with van der Waals surface area (Å²) >= 11 is 0. The van der Waals surface area contributed by atoms with Crippen molar-refractivity contribution < 1.29 is 4.79 Å². The van der Waals surface area contributed by atoms with Gasteiger partial charge in [-0.25, -0.2) is 4.98 Å². The molecule has 0 saturated heterocycles. The Hall–Kier alpha value is -3.93. The molecule has 1 unspecified atom stereocenters. The molecule has 1 fully saturated rings. The van der Waals surface area contributed by atoms with E-state index in [0.29, 0.717) is 18.4 Å². The second-order valence-electron chi connectivity index (χ2n) is 10.1. The van der Waals surface area contributed by atoms with Crippen molar-refractivity contribution in [2.24, 2.45) is 0 Å². The monoisotopic (exact) mass is 493 g/mol. The summed E-state index contributed by atoms with van der Waals surface area (Å²) in [4.78, 5) is 25.0. The number of fused-ring (bicyclic) bond motifs is 1. The summed E-state index contributed by atoms with van der Waals surface area (Å²) in [6.45, 7) is 0. The maximum Gasteiger partial charge on any atom is 0.228 e. The van der Waals surface area contributed by atoms with E-state index in [0.717, 1.165) is 48.0 Å². The molecule has 190 valence electrons. The highest BCUT2D eigenvalue weighted by molar-refractivity contribution is 5.90. The molecule has 3 aromatic carbocycles. The summed E-state index contributed by atoms with van der Waals surface area (Å²) in [5.41, 5.74) is 3.17. The van der Waals surface area contributed by atoms with E-state index < -0.39 is 0 Å². The predicted octanol–water partition coefficient (Wildman–Crippen LogP) is 5.56. The van der Waals surface area contributed by atoms with Gasteiger partial charge < -0.3 is 15.5 Å². The summed E-state index contributed by atoms with van der Waals surface area (Å²) in [7, 11) is 4.01. The molecule has 1 amide bonds. The van der Waals surface area contributed by atoms with Crippen LogP contribution in [0.15, 0.2) is 84.9 Å². The van der Waals surface area contributed by atoms with Gasteiger partial charge in [-0.1, -0.05) is 72.8 Å². The third-order valence-corrected chi connectivity index (χ3v) is 7.21. The van der Waals surface area contributed by atoms with Crippen LogP contribution in [0.25, 0.3) is 10.9 Å². The summed E-state index contributed by atoms with van der Waals surface area (Å²) in [5.74, 6) is 1.50. The molecule has 4 aromatic rings. The quantitative estimate of drug-likeness (QED) is 0.336. The van der Waals surface area contributed by atoms with Crippen LogP contribution in [-0.2, 0) is 11.2 Å². The van der Waals surface area contributed by atoms with Crippen LogP contribution in [0.5, 0.6) is 0 Å². The Bertz CT molecular complexity index is 1320. The van der Waals surface area contributed by atoms with Gasteiger partial charge in [0.2, 0.25) is 11.9 Å². The van der Waals surface area contributed by atoms with Crippen LogP contribution in [-0.4, -0.2) is 42.1 Å². The Morgan fingerprint density at radius 3 is 2.16 bits per heavy atom. The van der Waals surface area contributed by atoms with Crippen LogP contribution in [0, 0.1) is 0 Å². The van der Waals surface area contributed by atoms with Crippen LogP contribution >= 0.6 is 0 Å². The van der Waals surface area contributed by atoms with Gasteiger partial charge in [0, 0.05) is 31.6 Å². The molecule has 0 radical (unpaired) electrons. The highest BCUT2D eigenvalue weighted by Gasteiger charge is 2.27. The topological polar surface area (TPSA) is 70.2 Å². The summed E-state index contributed by atoms with van der Waals surface area (Å²) in [6, 6.07) is 29.0. The zero-order valence-electron chi connectivity index (χ0n) is 21.6. The second-order valence-corrected chi connectivity index (χ2v) is 10.1. The predicted molar refractivity (Wildman–Crippen MR) is 151 cm³/mol. The minimum Gasteiger partial charge on any atom is -0.362 e. The van der Waals surface area contributed by atoms with Gasteiger partial charge in [0.1, 0.15) is 5.82 Å². The number of benzene rings is 3. The number of anilines is 2. The third kappa shape index (κ3) is 6.08. The fourth-order valence-corrected chi connectivity index (χ4v) is 5.23. The second kappa shape index (κ2) is 11.4. The number of carbonyl (C=O) groups is 1. The van der Waals surface area contributed by atoms with Crippen LogP contribution in [0.4, 0.5) is 11.8 Å². The van der Waals surface area contributed by atoms with Gasteiger partial charge in [0.25, 0.3) is 0 Å². The van der Waals surface area contributed by atoms with Crippen molar-refractivity contribution in [3.63, 3.8) is 0 Å². The first-order valence-electron chi connectivity index (χ1n) is 13.2. The number of rotatable bonds is 8. The van der Waals surface area contributed by atoms with Crippen molar-refractivity contribution in [3.05, 3.63) is 96.1 Å². The van der Waals surface area contributed by atoms with Crippen molar-refractivity contribution in [1.82, 2.24) is 15.3 Å². The molecule has 6 nitrogen and oxygen atoms in total. The Balaban J connectivity index is 1.21. The van der Waals surface area contributed by atoms with E-state index in [-0.39, 0.29) is 17.9 Å². The number of amides is 1. The third-order valence-electron chi connectivity index (χ3n) is 7.21. The van der Waals surface area contributed by atoms with Crippen LogP contribution in [0.1, 0.15) is 42.7 Å². The first-order valence-corrected chi connectivity index (χ1v) is 13.2. The SMILES string of the molecule is CN(C)c1nc(N[C@H]2CC[C@@H](NC(=O)C(Cc3ccccc3)c3ccccc3)CC2)nc2ccccc12. The Labute approximate surface area is 219 Å². The smallest absolute Gasteiger partial charge is 0.228 e. The van der Waals surface area contributed by atoms with Gasteiger partial charge >= 0.3 is 0 Å². The van der Waals surface area contributed by atoms with Crippen molar-refractivity contribution in [2.75, 3.05) is 24.3 Å². The highest BCUT2D eigenvalue weighted by atomic mass is 16.1. The van der Waals surface area contributed by atoms with Crippen molar-refractivity contribution in [2.45, 2.75) is 50.1 Å². The Morgan fingerprint density at radius 2 is 1.46 bits per heavy atom. The molecule has 5 rings (SSSR count). The molecular weight excluding hydrogens is 458 g/mol. The molecule has 1 aromatic heterocycles. The van der Waals surface area contributed by atoms with E-state index in [9.17, 15) is 4.79 Å². The number of nitrogens with one attached hydrogen (secondary N) is 2. The molecule has 0 bridgehead atoms. The lowest BCUT2D eigenvalue weighted by Crippen LogP contribution is -2.42. The van der Waals surface area contributed by atoms with Crippen molar-refractivity contribution in [1.29, 1.82) is 0 Å². The van der Waals surface area contributed by atoms with E-state index in [1.165, 1.54) is 5.56 Å². The van der Waals surface area contributed by atoms with Gasteiger partial charge in [0.05, 0.1) is 11.4 Å². The number of aromatic nitrogens is 2. The maximum atomic E-state index is 13.5. The minimum absolute atomic E-state index is 0.111. The summed E-state index contributed by atoms with van der Waals surface area (Å²) < 4.78 is 0. The zero-order chi connectivity index (χ0) is 25.6. The Morgan fingerprint density at radius 1 is 0.838 bits per heavy atom. The van der Waals surface area contributed by atoms with E-state index in [1.807, 2.05) is 73.6 Å². The number of hydrogen-bond acceptors (Lipinski definition) is 5. The molecule has 0 aliphatic heterocycles. The molecule has 1 aliphatic carbocycles. The molecule has 2 N–H and O–H groups in total. The Kier molecular flexibility index (Phi) is 7.64. The largest absolute Gasteiger partial charge is 0.362 e. The number of para-hydroxylation sites is 1. The van der Waals surface area contributed by atoms with Crippen LogP contribution in [0.3, 0.4) is 0 Å². The summed E-state index contributed by atoms with van der Waals surface area (Å²) in [5, 5.41) is 7.98. The van der Waals surface area contributed by atoms with Crippen LogP contribution < -0.4 is 15.5 Å². The normalized spacial score (nSPS) is 18.2. The summed E-state index contributed by atoms with van der Waals surface area (Å²) in [6.07, 6.45) is 4.50. The molecule has 1 saturated carbocycles. The lowest BCUT2D eigenvalue weighted by Gasteiger charge is -2.31. The lowest BCUT2D eigenvalue weighted by molar-refractivity contribution is -0.123. The number of carbonyl (C=O) groups excluding carboxylic acids is 1. The zero-order valence-corrected chi connectivity index (χ0v) is 21.6. The van der Waals surface area contributed by atoms with Gasteiger partial charge in [-0.05, 0) is 55.4 Å². The fraction of sp³-hybridized carbons (Fsp3) is 0.323. The molecule has 1 aliphatic rings. The average Bonchev–Trinajstić information content (AvgIpc) is 2.93. The van der Waals surface area contributed by atoms with E-state index in [1.54, 1.807) is 0 Å². The molecule has 37 heavy (non-hydrogen) atoms. The molecule has 1 atom stereocenters. The minimum atomic E-state index is -0.199. The molecule has 0 spiro atoms. The standard InChI is InChI=1S/C31H35N5O/c1-36(2)29-26-15-9-10-16-28(26)34-31(35-29)33-25-19-17-24(18-20-25)32-30(37)27(23-13-7-4-8-14-23)21-22-11-5-3-6-12-22/h3-16,24-25,27H,17-21H2,1-2H3,(H,32,37)(H,33,34,35)/t24-,25+,27?. The number of nitrogens with zero attached hydrogens (tertiary/aromatic N) is 3. The van der Waals surface area contributed by atoms with Gasteiger partial charge in [-0.2, -0.15) is 4.98 Å². The average molecular weight is 494 g/mol. The number of hydrogen-bond donors (Lipinski definition) is 2. The first-order chi connectivity index (χ1) is 18.1.